The molecule has 4 rings (SSSR count). The van der Waals surface area contributed by atoms with E-state index in [2.05, 4.69) is 56.7 Å². The van der Waals surface area contributed by atoms with Crippen LogP contribution in [0.5, 0.6) is 0 Å². The summed E-state index contributed by atoms with van der Waals surface area (Å²) in [5.74, 6) is 0.183. The number of nitrogens with zero attached hydrogens (tertiary/aromatic N) is 4. The first-order valence-corrected chi connectivity index (χ1v) is 11.3. The van der Waals surface area contributed by atoms with Crippen molar-refractivity contribution in [2.24, 2.45) is 5.92 Å². The predicted molar refractivity (Wildman–Crippen MR) is 118 cm³/mol. The van der Waals surface area contributed by atoms with E-state index in [-0.39, 0.29) is 29.6 Å². The molecule has 0 saturated carbocycles. The molecule has 0 bridgehead atoms. The Morgan fingerprint density at radius 1 is 1.23 bits per heavy atom. The van der Waals surface area contributed by atoms with Crippen LogP contribution in [0.4, 0.5) is 0 Å². The van der Waals surface area contributed by atoms with Crippen LogP contribution in [-0.4, -0.2) is 49.5 Å². The van der Waals surface area contributed by atoms with Crippen molar-refractivity contribution in [3.8, 4) is 11.3 Å². The third-order valence-electron chi connectivity index (χ3n) is 5.69. The summed E-state index contributed by atoms with van der Waals surface area (Å²) in [6.45, 7) is 6.71. The van der Waals surface area contributed by atoms with Gasteiger partial charge in [0.15, 0.2) is 0 Å². The minimum Gasteiger partial charge on any atom is -0.349 e. The van der Waals surface area contributed by atoms with E-state index in [0.29, 0.717) is 18.9 Å². The Morgan fingerprint density at radius 3 is 2.71 bits per heavy atom. The van der Waals surface area contributed by atoms with Crippen molar-refractivity contribution in [1.82, 2.24) is 30.4 Å². The first-order chi connectivity index (χ1) is 14.9. The Balaban J connectivity index is 1.37. The Kier molecular flexibility index (Phi) is 6.13. The van der Waals surface area contributed by atoms with Crippen molar-refractivity contribution in [3.05, 3.63) is 51.9 Å². The van der Waals surface area contributed by atoms with Gasteiger partial charge in [-0.05, 0) is 33.6 Å². The minimum atomic E-state index is -0.269. The maximum absolute atomic E-state index is 12.9. The third-order valence-corrected chi connectivity index (χ3v) is 6.54. The number of benzene rings is 1. The lowest BCUT2D eigenvalue weighted by molar-refractivity contribution is -0.128. The smallest absolute Gasteiger partial charge is 0.293 e. The molecule has 0 aliphatic carbocycles. The molecule has 31 heavy (non-hydrogen) atoms. The molecule has 1 aliphatic rings. The zero-order valence-corrected chi connectivity index (χ0v) is 18.7. The Bertz CT molecular complexity index is 1070. The number of carbonyl (C=O) groups is 2. The van der Waals surface area contributed by atoms with Gasteiger partial charge in [0.2, 0.25) is 11.7 Å². The molecule has 3 aromatic rings. The molecule has 0 radical (unpaired) electrons. The summed E-state index contributed by atoms with van der Waals surface area (Å²) >= 11 is 1.53. The standard InChI is InChI=1S/C22H26N6O2S/c1-13-6-8-16(9-7-13)18-12-31-19(25-18)11-23-21(29)17-5-4-10-28(14(17)2)22(30)20-24-15(3)26-27-20/h6-9,12,14,17H,4-5,10-11H2,1-3H3,(H,23,29)(H,24,26,27). The number of thiazole rings is 1. The highest BCUT2D eigenvalue weighted by Gasteiger charge is 2.36. The third kappa shape index (κ3) is 4.66. The number of carbonyl (C=O) groups excluding carboxylic acids is 2. The molecule has 3 heterocycles. The molecule has 0 spiro atoms. The fraction of sp³-hybridized carbons (Fsp3) is 0.409. The summed E-state index contributed by atoms with van der Waals surface area (Å²) in [7, 11) is 0. The summed E-state index contributed by atoms with van der Waals surface area (Å²) in [6.07, 6.45) is 1.52. The molecule has 2 amide bonds. The van der Waals surface area contributed by atoms with E-state index in [0.717, 1.165) is 29.1 Å². The summed E-state index contributed by atoms with van der Waals surface area (Å²) in [6, 6.07) is 8.01. The van der Waals surface area contributed by atoms with Crippen molar-refractivity contribution in [2.45, 2.75) is 46.2 Å². The number of nitrogens with one attached hydrogen (secondary N) is 2. The predicted octanol–water partition coefficient (Wildman–Crippen LogP) is 3.10. The van der Waals surface area contributed by atoms with Crippen LogP contribution >= 0.6 is 11.3 Å². The van der Waals surface area contributed by atoms with Crippen molar-refractivity contribution < 1.29 is 9.59 Å². The van der Waals surface area contributed by atoms with E-state index in [4.69, 9.17) is 0 Å². The fourth-order valence-corrected chi connectivity index (χ4v) is 4.63. The highest BCUT2D eigenvalue weighted by Crippen LogP contribution is 2.26. The van der Waals surface area contributed by atoms with Crippen LogP contribution in [0.3, 0.4) is 0 Å². The van der Waals surface area contributed by atoms with Gasteiger partial charge >= 0.3 is 0 Å². The van der Waals surface area contributed by atoms with Gasteiger partial charge in [-0.15, -0.1) is 16.4 Å². The average molecular weight is 439 g/mol. The molecule has 1 fully saturated rings. The van der Waals surface area contributed by atoms with Gasteiger partial charge < -0.3 is 10.2 Å². The molecule has 2 aromatic heterocycles. The number of hydrogen-bond acceptors (Lipinski definition) is 6. The number of amides is 2. The van der Waals surface area contributed by atoms with Crippen molar-refractivity contribution in [1.29, 1.82) is 0 Å². The first kappa shape index (κ1) is 21.2. The lowest BCUT2D eigenvalue weighted by Gasteiger charge is -2.38. The monoisotopic (exact) mass is 438 g/mol. The lowest BCUT2D eigenvalue weighted by atomic mass is 9.89. The molecule has 2 N–H and O–H groups in total. The number of rotatable bonds is 5. The molecular weight excluding hydrogens is 412 g/mol. The maximum Gasteiger partial charge on any atom is 0.293 e. The number of aromatic nitrogens is 4. The zero-order chi connectivity index (χ0) is 22.0. The van der Waals surface area contributed by atoms with Gasteiger partial charge in [-0.3, -0.25) is 14.7 Å². The van der Waals surface area contributed by atoms with Crippen LogP contribution in [0.15, 0.2) is 29.6 Å². The lowest BCUT2D eigenvalue weighted by Crippen LogP contribution is -2.51. The molecule has 2 atom stereocenters. The van der Waals surface area contributed by atoms with Crippen LogP contribution in [0.1, 0.15) is 46.8 Å². The Hall–Kier alpha value is -3.07. The van der Waals surface area contributed by atoms with E-state index in [1.807, 2.05) is 12.3 Å². The quantitative estimate of drug-likeness (QED) is 0.637. The summed E-state index contributed by atoms with van der Waals surface area (Å²) < 4.78 is 0. The molecule has 1 aliphatic heterocycles. The second kappa shape index (κ2) is 8.97. The van der Waals surface area contributed by atoms with Gasteiger partial charge in [-0.25, -0.2) is 9.97 Å². The molecule has 162 valence electrons. The summed E-state index contributed by atoms with van der Waals surface area (Å²) in [5.41, 5.74) is 3.19. The number of hydrogen-bond donors (Lipinski definition) is 2. The molecule has 1 saturated heterocycles. The SMILES string of the molecule is Cc1ccc(-c2csc(CNC(=O)C3CCCN(C(=O)c4n[nH]c(C)n4)C3C)n2)cc1. The Morgan fingerprint density at radius 2 is 2.00 bits per heavy atom. The molecule has 8 nitrogen and oxygen atoms in total. The fourth-order valence-electron chi connectivity index (χ4n) is 3.89. The van der Waals surface area contributed by atoms with Gasteiger partial charge in [0.25, 0.3) is 5.91 Å². The topological polar surface area (TPSA) is 104 Å². The van der Waals surface area contributed by atoms with Gasteiger partial charge in [-0.2, -0.15) is 0 Å². The number of H-pyrrole nitrogens is 1. The van der Waals surface area contributed by atoms with Crippen LogP contribution in [-0.2, 0) is 11.3 Å². The van der Waals surface area contributed by atoms with Crippen LogP contribution in [0, 0.1) is 19.8 Å². The summed E-state index contributed by atoms with van der Waals surface area (Å²) in [5, 5.41) is 12.5. The van der Waals surface area contributed by atoms with Gasteiger partial charge in [-0.1, -0.05) is 29.8 Å². The second-order valence-corrected chi connectivity index (χ2v) is 8.89. The highest BCUT2D eigenvalue weighted by molar-refractivity contribution is 7.09. The molecular formula is C22H26N6O2S. The highest BCUT2D eigenvalue weighted by atomic mass is 32.1. The van der Waals surface area contributed by atoms with E-state index in [9.17, 15) is 9.59 Å². The van der Waals surface area contributed by atoms with E-state index in [1.165, 1.54) is 16.9 Å². The number of aromatic amines is 1. The second-order valence-electron chi connectivity index (χ2n) is 7.94. The van der Waals surface area contributed by atoms with E-state index < -0.39 is 0 Å². The number of aryl methyl sites for hydroxylation is 2. The minimum absolute atomic E-state index is 0.0525. The maximum atomic E-state index is 12.9. The molecule has 1 aromatic carbocycles. The van der Waals surface area contributed by atoms with Gasteiger partial charge in [0, 0.05) is 23.5 Å². The van der Waals surface area contributed by atoms with Gasteiger partial charge in [0.1, 0.15) is 10.8 Å². The van der Waals surface area contributed by atoms with Crippen molar-refractivity contribution >= 4 is 23.2 Å². The number of piperidine rings is 1. The first-order valence-electron chi connectivity index (χ1n) is 10.4. The van der Waals surface area contributed by atoms with Crippen molar-refractivity contribution in [2.75, 3.05) is 6.54 Å². The van der Waals surface area contributed by atoms with Crippen LogP contribution < -0.4 is 5.32 Å². The van der Waals surface area contributed by atoms with Gasteiger partial charge in [0.05, 0.1) is 18.2 Å². The van der Waals surface area contributed by atoms with E-state index >= 15 is 0 Å². The molecule has 2 unspecified atom stereocenters. The van der Waals surface area contributed by atoms with E-state index in [1.54, 1.807) is 11.8 Å². The largest absolute Gasteiger partial charge is 0.349 e. The molecule has 9 heteroatoms. The zero-order valence-electron chi connectivity index (χ0n) is 17.9. The average Bonchev–Trinajstić information content (AvgIpc) is 3.41. The Labute approximate surface area is 185 Å². The van der Waals surface area contributed by atoms with Crippen molar-refractivity contribution in [3.63, 3.8) is 0 Å². The number of likely N-dealkylation sites (tertiary alicyclic amines) is 1. The van der Waals surface area contributed by atoms with Crippen LogP contribution in [0.25, 0.3) is 11.3 Å². The normalized spacial score (nSPS) is 18.7. The summed E-state index contributed by atoms with van der Waals surface area (Å²) in [4.78, 5) is 36.2. The van der Waals surface area contributed by atoms with Crippen LogP contribution in [0.2, 0.25) is 0 Å².